The van der Waals surface area contributed by atoms with Crippen LogP contribution in [0.2, 0.25) is 5.02 Å². The summed E-state index contributed by atoms with van der Waals surface area (Å²) in [6.45, 7) is 5.13. The smallest absolute Gasteiger partial charge is 0.134 e. The summed E-state index contributed by atoms with van der Waals surface area (Å²) in [6, 6.07) is 5.72. The van der Waals surface area contributed by atoms with Gasteiger partial charge in [-0.15, -0.1) is 0 Å². The fourth-order valence-corrected chi connectivity index (χ4v) is 2.50. The third-order valence-corrected chi connectivity index (χ3v) is 3.78. The highest BCUT2D eigenvalue weighted by Gasteiger charge is 2.22. The molecule has 1 saturated heterocycles. The number of rotatable bonds is 2. The number of phenols is 1. The molecule has 0 bridgehead atoms. The van der Waals surface area contributed by atoms with Crippen molar-refractivity contribution in [3.63, 3.8) is 0 Å². The molecule has 2 unspecified atom stereocenters. The molecule has 4 heteroatoms. The van der Waals surface area contributed by atoms with E-state index in [0.717, 1.165) is 31.6 Å². The molecule has 0 spiro atoms. The molecule has 3 N–H and O–H groups in total. The van der Waals surface area contributed by atoms with E-state index in [1.807, 2.05) is 12.1 Å². The number of nitrogens with two attached hydrogens (primary N) is 1. The van der Waals surface area contributed by atoms with E-state index in [2.05, 4.69) is 11.8 Å². The molecule has 1 aromatic rings. The molecule has 2 rings (SSSR count). The summed E-state index contributed by atoms with van der Waals surface area (Å²) in [4.78, 5) is 2.39. The van der Waals surface area contributed by atoms with Gasteiger partial charge in [0.25, 0.3) is 0 Å². The van der Waals surface area contributed by atoms with E-state index in [1.165, 1.54) is 0 Å². The van der Waals surface area contributed by atoms with E-state index in [4.69, 9.17) is 17.3 Å². The third kappa shape index (κ3) is 3.12. The standard InChI is InChI=1S/C13H19ClN2O/c1-9-7-16(5-4-12(9)15)8-10-2-3-13(17)11(14)6-10/h2-3,6,9,12,17H,4-5,7-8,15H2,1H3. The van der Waals surface area contributed by atoms with Crippen molar-refractivity contribution >= 4 is 11.6 Å². The van der Waals surface area contributed by atoms with Crippen LogP contribution in [0.4, 0.5) is 0 Å². The maximum atomic E-state index is 9.36. The molecular weight excluding hydrogens is 236 g/mol. The molecule has 0 saturated carbocycles. The van der Waals surface area contributed by atoms with Gasteiger partial charge < -0.3 is 10.8 Å². The molecule has 1 aromatic carbocycles. The second kappa shape index (κ2) is 5.25. The van der Waals surface area contributed by atoms with Crippen molar-refractivity contribution in [1.29, 1.82) is 0 Å². The Balaban J connectivity index is 1.99. The van der Waals surface area contributed by atoms with Gasteiger partial charge in [0, 0.05) is 19.1 Å². The summed E-state index contributed by atoms with van der Waals surface area (Å²) in [5.74, 6) is 0.681. The van der Waals surface area contributed by atoms with Crippen LogP contribution in [-0.2, 0) is 6.54 Å². The highest BCUT2D eigenvalue weighted by atomic mass is 35.5. The molecule has 0 aromatic heterocycles. The molecule has 17 heavy (non-hydrogen) atoms. The monoisotopic (exact) mass is 254 g/mol. The number of hydrogen-bond acceptors (Lipinski definition) is 3. The molecule has 0 amide bonds. The highest BCUT2D eigenvalue weighted by molar-refractivity contribution is 6.32. The van der Waals surface area contributed by atoms with Crippen LogP contribution < -0.4 is 5.73 Å². The summed E-state index contributed by atoms with van der Waals surface area (Å²) >= 11 is 5.89. The lowest BCUT2D eigenvalue weighted by Crippen LogP contribution is -2.45. The minimum atomic E-state index is 0.143. The van der Waals surface area contributed by atoms with E-state index in [0.29, 0.717) is 17.0 Å². The van der Waals surface area contributed by atoms with Gasteiger partial charge in [-0.05, 0) is 36.6 Å². The predicted octanol–water partition coefficient (Wildman–Crippen LogP) is 2.21. The van der Waals surface area contributed by atoms with Crippen molar-refractivity contribution in [3.05, 3.63) is 28.8 Å². The molecule has 94 valence electrons. The summed E-state index contributed by atoms with van der Waals surface area (Å²) in [7, 11) is 0. The van der Waals surface area contributed by atoms with Crippen LogP contribution in [0.3, 0.4) is 0 Å². The van der Waals surface area contributed by atoms with Crippen molar-refractivity contribution in [2.75, 3.05) is 13.1 Å². The summed E-state index contributed by atoms with van der Waals surface area (Å²) < 4.78 is 0. The molecule has 2 atom stereocenters. The van der Waals surface area contributed by atoms with Gasteiger partial charge in [-0.2, -0.15) is 0 Å². The van der Waals surface area contributed by atoms with E-state index < -0.39 is 0 Å². The van der Waals surface area contributed by atoms with E-state index in [9.17, 15) is 5.11 Å². The maximum Gasteiger partial charge on any atom is 0.134 e. The van der Waals surface area contributed by atoms with Crippen LogP contribution in [0.1, 0.15) is 18.9 Å². The van der Waals surface area contributed by atoms with Crippen LogP contribution >= 0.6 is 11.6 Å². The summed E-state index contributed by atoms with van der Waals surface area (Å²) in [5.41, 5.74) is 7.13. The van der Waals surface area contributed by atoms with Crippen molar-refractivity contribution in [1.82, 2.24) is 4.90 Å². The van der Waals surface area contributed by atoms with Crippen molar-refractivity contribution in [2.24, 2.45) is 11.7 Å². The molecule has 1 aliphatic rings. The average Bonchev–Trinajstić information content (AvgIpc) is 2.29. The summed E-state index contributed by atoms with van der Waals surface area (Å²) in [5, 5.41) is 9.78. The fourth-order valence-electron chi connectivity index (χ4n) is 2.30. The lowest BCUT2D eigenvalue weighted by molar-refractivity contribution is 0.158. The normalized spacial score (nSPS) is 26.1. The average molecular weight is 255 g/mol. The zero-order chi connectivity index (χ0) is 12.4. The van der Waals surface area contributed by atoms with Gasteiger partial charge in [0.1, 0.15) is 5.75 Å². The topological polar surface area (TPSA) is 49.5 Å². The first-order valence-corrected chi connectivity index (χ1v) is 6.39. The lowest BCUT2D eigenvalue weighted by Gasteiger charge is -2.35. The zero-order valence-corrected chi connectivity index (χ0v) is 10.8. The van der Waals surface area contributed by atoms with Crippen LogP contribution in [0.15, 0.2) is 18.2 Å². The van der Waals surface area contributed by atoms with Crippen LogP contribution in [0.25, 0.3) is 0 Å². The number of aromatic hydroxyl groups is 1. The van der Waals surface area contributed by atoms with Crippen molar-refractivity contribution in [2.45, 2.75) is 25.9 Å². The number of halogens is 1. The van der Waals surface area contributed by atoms with Crippen LogP contribution in [-0.4, -0.2) is 29.1 Å². The van der Waals surface area contributed by atoms with Crippen molar-refractivity contribution < 1.29 is 5.11 Å². The Morgan fingerprint density at radius 1 is 1.53 bits per heavy atom. The van der Waals surface area contributed by atoms with Gasteiger partial charge in [0.15, 0.2) is 0 Å². The van der Waals surface area contributed by atoms with Gasteiger partial charge in [-0.1, -0.05) is 24.6 Å². The summed E-state index contributed by atoms with van der Waals surface area (Å²) in [6.07, 6.45) is 1.05. The van der Waals surface area contributed by atoms with Gasteiger partial charge in [0.05, 0.1) is 5.02 Å². The van der Waals surface area contributed by atoms with Gasteiger partial charge in [-0.25, -0.2) is 0 Å². The third-order valence-electron chi connectivity index (χ3n) is 3.47. The molecule has 1 aliphatic heterocycles. The van der Waals surface area contributed by atoms with Crippen molar-refractivity contribution in [3.8, 4) is 5.75 Å². The van der Waals surface area contributed by atoms with Gasteiger partial charge >= 0.3 is 0 Å². The predicted molar refractivity (Wildman–Crippen MR) is 70.2 cm³/mol. The first kappa shape index (κ1) is 12.7. The Kier molecular flexibility index (Phi) is 3.92. The number of benzene rings is 1. The largest absolute Gasteiger partial charge is 0.506 e. The molecule has 0 aliphatic carbocycles. The van der Waals surface area contributed by atoms with Crippen LogP contribution in [0.5, 0.6) is 5.75 Å². The molecule has 1 heterocycles. The fraction of sp³-hybridized carbons (Fsp3) is 0.538. The minimum Gasteiger partial charge on any atom is -0.506 e. The molecule has 3 nitrogen and oxygen atoms in total. The quantitative estimate of drug-likeness (QED) is 0.851. The molecule has 1 fully saturated rings. The maximum absolute atomic E-state index is 9.36. The number of hydrogen-bond donors (Lipinski definition) is 2. The first-order valence-electron chi connectivity index (χ1n) is 6.01. The molecular formula is C13H19ClN2O. The Hall–Kier alpha value is -0.770. The minimum absolute atomic E-state index is 0.143. The number of nitrogens with zero attached hydrogens (tertiary/aromatic N) is 1. The second-order valence-corrected chi connectivity index (χ2v) is 5.36. The number of phenolic OH excluding ortho intramolecular Hbond substituents is 1. The Morgan fingerprint density at radius 2 is 2.29 bits per heavy atom. The Bertz CT molecular complexity index is 397. The van der Waals surface area contributed by atoms with E-state index in [1.54, 1.807) is 6.07 Å². The Labute approximate surface area is 107 Å². The van der Waals surface area contributed by atoms with Gasteiger partial charge in [0.2, 0.25) is 0 Å². The van der Waals surface area contributed by atoms with Gasteiger partial charge in [-0.3, -0.25) is 4.90 Å². The van der Waals surface area contributed by atoms with Crippen LogP contribution in [0, 0.1) is 5.92 Å². The molecule has 0 radical (unpaired) electrons. The number of piperidine rings is 1. The first-order chi connectivity index (χ1) is 8.06. The second-order valence-electron chi connectivity index (χ2n) is 4.95. The zero-order valence-electron chi connectivity index (χ0n) is 10.1. The highest BCUT2D eigenvalue weighted by Crippen LogP contribution is 2.25. The SMILES string of the molecule is CC1CN(Cc2ccc(O)c(Cl)c2)CCC1N. The lowest BCUT2D eigenvalue weighted by atomic mass is 9.94. The van der Waals surface area contributed by atoms with E-state index >= 15 is 0 Å². The van der Waals surface area contributed by atoms with E-state index in [-0.39, 0.29) is 5.75 Å². The number of likely N-dealkylation sites (tertiary alicyclic amines) is 1. The Morgan fingerprint density at radius 3 is 2.94 bits per heavy atom.